The molecule has 1 aliphatic heterocycles. The van der Waals surface area contributed by atoms with Gasteiger partial charge in [0.25, 0.3) is 0 Å². The zero-order chi connectivity index (χ0) is 13.8. The SMILES string of the molecule is COCCn1ncc(Br)c1C(NN)C1CCOC1C. The molecule has 0 saturated carbocycles. The molecule has 1 saturated heterocycles. The van der Waals surface area contributed by atoms with Gasteiger partial charge in [-0.2, -0.15) is 5.10 Å². The summed E-state index contributed by atoms with van der Waals surface area (Å²) < 4.78 is 13.7. The molecule has 0 spiro atoms. The highest BCUT2D eigenvalue weighted by Gasteiger charge is 2.35. The smallest absolute Gasteiger partial charge is 0.0714 e. The van der Waals surface area contributed by atoms with Crippen molar-refractivity contribution >= 4 is 15.9 Å². The lowest BCUT2D eigenvalue weighted by atomic mass is 9.91. The van der Waals surface area contributed by atoms with E-state index in [9.17, 15) is 0 Å². The zero-order valence-electron chi connectivity index (χ0n) is 11.3. The van der Waals surface area contributed by atoms with Crippen LogP contribution >= 0.6 is 15.9 Å². The highest BCUT2D eigenvalue weighted by Crippen LogP contribution is 2.35. The Morgan fingerprint density at radius 2 is 2.53 bits per heavy atom. The van der Waals surface area contributed by atoms with E-state index in [1.807, 2.05) is 4.68 Å². The highest BCUT2D eigenvalue weighted by atomic mass is 79.9. The molecule has 0 aliphatic carbocycles. The summed E-state index contributed by atoms with van der Waals surface area (Å²) in [5, 5.41) is 4.37. The van der Waals surface area contributed by atoms with Crippen LogP contribution in [0.25, 0.3) is 0 Å². The Kier molecular flexibility index (Phi) is 5.35. The van der Waals surface area contributed by atoms with Gasteiger partial charge in [0, 0.05) is 19.6 Å². The number of rotatable bonds is 6. The summed E-state index contributed by atoms with van der Waals surface area (Å²) in [5.41, 5.74) is 3.98. The second-order valence-electron chi connectivity index (χ2n) is 4.77. The van der Waals surface area contributed by atoms with E-state index in [-0.39, 0.29) is 12.1 Å². The minimum atomic E-state index is 0.0197. The average Bonchev–Trinajstić information content (AvgIpc) is 2.97. The van der Waals surface area contributed by atoms with Crippen LogP contribution in [-0.2, 0) is 16.0 Å². The van der Waals surface area contributed by atoms with E-state index < -0.39 is 0 Å². The molecule has 1 aromatic heterocycles. The maximum atomic E-state index is 5.77. The summed E-state index contributed by atoms with van der Waals surface area (Å²) >= 11 is 3.56. The lowest BCUT2D eigenvalue weighted by Gasteiger charge is -2.26. The maximum absolute atomic E-state index is 5.77. The molecule has 2 heterocycles. The maximum Gasteiger partial charge on any atom is 0.0714 e. The molecule has 19 heavy (non-hydrogen) atoms. The quantitative estimate of drug-likeness (QED) is 0.605. The van der Waals surface area contributed by atoms with Crippen LogP contribution in [-0.4, -0.2) is 36.2 Å². The van der Waals surface area contributed by atoms with Gasteiger partial charge in [-0.15, -0.1) is 0 Å². The summed E-state index contributed by atoms with van der Waals surface area (Å²) in [6.45, 7) is 4.20. The summed E-state index contributed by atoms with van der Waals surface area (Å²) in [5.74, 6) is 6.12. The predicted molar refractivity (Wildman–Crippen MR) is 75.4 cm³/mol. The molecular formula is C12H21BrN4O2. The zero-order valence-corrected chi connectivity index (χ0v) is 12.9. The molecule has 0 radical (unpaired) electrons. The van der Waals surface area contributed by atoms with E-state index in [0.717, 1.165) is 23.2 Å². The van der Waals surface area contributed by atoms with Gasteiger partial charge in [0.05, 0.1) is 41.7 Å². The second kappa shape index (κ2) is 6.81. The van der Waals surface area contributed by atoms with Crippen molar-refractivity contribution in [3.05, 3.63) is 16.4 Å². The molecule has 7 heteroatoms. The van der Waals surface area contributed by atoms with Crippen molar-refractivity contribution in [1.82, 2.24) is 15.2 Å². The van der Waals surface area contributed by atoms with Crippen LogP contribution in [0.2, 0.25) is 0 Å². The topological polar surface area (TPSA) is 74.3 Å². The Morgan fingerprint density at radius 1 is 1.74 bits per heavy atom. The fourth-order valence-electron chi connectivity index (χ4n) is 2.63. The van der Waals surface area contributed by atoms with Crippen LogP contribution in [0, 0.1) is 5.92 Å². The molecule has 3 atom stereocenters. The Morgan fingerprint density at radius 3 is 3.11 bits per heavy atom. The minimum absolute atomic E-state index is 0.0197. The minimum Gasteiger partial charge on any atom is -0.383 e. The van der Waals surface area contributed by atoms with Crippen molar-refractivity contribution in [2.45, 2.75) is 32.0 Å². The van der Waals surface area contributed by atoms with Crippen LogP contribution in [0.1, 0.15) is 25.1 Å². The summed E-state index contributed by atoms with van der Waals surface area (Å²) in [6, 6.07) is 0.0197. The first-order valence-corrected chi connectivity index (χ1v) is 7.26. The average molecular weight is 333 g/mol. The van der Waals surface area contributed by atoms with E-state index in [0.29, 0.717) is 19.1 Å². The van der Waals surface area contributed by atoms with Crippen molar-refractivity contribution in [3.8, 4) is 0 Å². The van der Waals surface area contributed by atoms with Gasteiger partial charge in [0.1, 0.15) is 0 Å². The monoisotopic (exact) mass is 332 g/mol. The normalized spacial score (nSPS) is 24.8. The second-order valence-corrected chi connectivity index (χ2v) is 5.62. The number of hydrogen-bond acceptors (Lipinski definition) is 5. The molecule has 3 unspecified atom stereocenters. The van der Waals surface area contributed by atoms with Gasteiger partial charge in [-0.3, -0.25) is 16.0 Å². The van der Waals surface area contributed by atoms with E-state index in [1.54, 1.807) is 13.3 Å². The fourth-order valence-corrected chi connectivity index (χ4v) is 3.17. The summed E-state index contributed by atoms with van der Waals surface area (Å²) in [6.07, 6.45) is 2.99. The molecule has 0 bridgehead atoms. The Balaban J connectivity index is 2.24. The van der Waals surface area contributed by atoms with Gasteiger partial charge in [-0.25, -0.2) is 0 Å². The molecule has 0 aromatic carbocycles. The first-order valence-electron chi connectivity index (χ1n) is 6.47. The molecule has 0 amide bonds. The van der Waals surface area contributed by atoms with Crippen molar-refractivity contribution in [3.63, 3.8) is 0 Å². The van der Waals surface area contributed by atoms with E-state index >= 15 is 0 Å². The van der Waals surface area contributed by atoms with Crippen LogP contribution in [0.15, 0.2) is 10.7 Å². The van der Waals surface area contributed by atoms with Crippen molar-refractivity contribution in [2.75, 3.05) is 20.3 Å². The van der Waals surface area contributed by atoms with Crippen LogP contribution in [0.3, 0.4) is 0 Å². The van der Waals surface area contributed by atoms with E-state index in [4.69, 9.17) is 15.3 Å². The van der Waals surface area contributed by atoms with Crippen LogP contribution in [0.5, 0.6) is 0 Å². The van der Waals surface area contributed by atoms with E-state index in [2.05, 4.69) is 33.4 Å². The van der Waals surface area contributed by atoms with Crippen LogP contribution < -0.4 is 11.3 Å². The van der Waals surface area contributed by atoms with Gasteiger partial charge in [-0.1, -0.05) is 0 Å². The molecule has 6 nitrogen and oxygen atoms in total. The largest absolute Gasteiger partial charge is 0.383 e. The highest BCUT2D eigenvalue weighted by molar-refractivity contribution is 9.10. The number of hydrazine groups is 1. The summed E-state index contributed by atoms with van der Waals surface area (Å²) in [4.78, 5) is 0. The molecule has 3 N–H and O–H groups in total. The van der Waals surface area contributed by atoms with Crippen molar-refractivity contribution < 1.29 is 9.47 Å². The Labute approximate surface area is 121 Å². The lowest BCUT2D eigenvalue weighted by molar-refractivity contribution is 0.0938. The number of nitrogens with zero attached hydrogens (tertiary/aromatic N) is 2. The number of aromatic nitrogens is 2. The number of halogens is 1. The summed E-state index contributed by atoms with van der Waals surface area (Å²) in [7, 11) is 1.68. The van der Waals surface area contributed by atoms with Gasteiger partial charge < -0.3 is 9.47 Å². The molecule has 108 valence electrons. The van der Waals surface area contributed by atoms with Crippen molar-refractivity contribution in [2.24, 2.45) is 11.8 Å². The first kappa shape index (κ1) is 14.9. The third-order valence-corrected chi connectivity index (χ3v) is 4.29. The molecule has 2 rings (SSSR count). The lowest BCUT2D eigenvalue weighted by Crippen LogP contribution is -2.38. The fraction of sp³-hybridized carbons (Fsp3) is 0.750. The molecule has 1 fully saturated rings. The van der Waals surface area contributed by atoms with Gasteiger partial charge >= 0.3 is 0 Å². The molecular weight excluding hydrogens is 312 g/mol. The third-order valence-electron chi connectivity index (χ3n) is 3.68. The Hall–Kier alpha value is -0.470. The number of nitrogens with one attached hydrogen (secondary N) is 1. The van der Waals surface area contributed by atoms with Gasteiger partial charge in [0.15, 0.2) is 0 Å². The van der Waals surface area contributed by atoms with Crippen molar-refractivity contribution in [1.29, 1.82) is 0 Å². The van der Waals surface area contributed by atoms with Gasteiger partial charge in [-0.05, 0) is 29.3 Å². The molecule has 1 aliphatic rings. The van der Waals surface area contributed by atoms with Gasteiger partial charge in [0.2, 0.25) is 0 Å². The number of nitrogens with two attached hydrogens (primary N) is 1. The standard InChI is InChI=1S/C12H21BrN4O2/c1-8-9(3-5-19-8)11(16-14)12-10(13)7-15-17(12)4-6-18-2/h7-9,11,16H,3-6,14H2,1-2H3. The third kappa shape index (κ3) is 3.17. The van der Waals surface area contributed by atoms with Crippen LogP contribution in [0.4, 0.5) is 0 Å². The number of hydrogen-bond donors (Lipinski definition) is 2. The number of methoxy groups -OCH3 is 1. The Bertz CT molecular complexity index is 412. The molecule has 1 aromatic rings. The first-order chi connectivity index (χ1) is 9.19. The number of ether oxygens (including phenoxy) is 2. The predicted octanol–water partition coefficient (Wildman–Crippen LogP) is 1.22. The van der Waals surface area contributed by atoms with E-state index in [1.165, 1.54) is 0 Å².